The van der Waals surface area contributed by atoms with E-state index in [0.29, 0.717) is 22.6 Å². The molecular formula is C34H32FN5O3. The van der Waals surface area contributed by atoms with Crippen molar-refractivity contribution in [3.63, 3.8) is 0 Å². The fourth-order valence-electron chi connectivity index (χ4n) is 5.48. The molecule has 1 aliphatic heterocycles. The summed E-state index contributed by atoms with van der Waals surface area (Å²) in [5, 5.41) is 16.5. The number of nitrogens with two attached hydrogens (primary N) is 1. The van der Waals surface area contributed by atoms with Gasteiger partial charge < -0.3 is 30.9 Å². The molecule has 0 spiro atoms. The average Bonchev–Trinajstić information content (AvgIpc) is 3.38. The zero-order chi connectivity index (χ0) is 30.1. The maximum atomic E-state index is 15.3. The number of hydrogen-bond donors (Lipinski definition) is 4. The van der Waals surface area contributed by atoms with Crippen molar-refractivity contribution in [2.75, 3.05) is 28.6 Å². The molecule has 2 heterocycles. The summed E-state index contributed by atoms with van der Waals surface area (Å²) in [4.78, 5) is 27.2. The van der Waals surface area contributed by atoms with Gasteiger partial charge in [-0.15, -0.1) is 0 Å². The zero-order valence-electron chi connectivity index (χ0n) is 23.7. The summed E-state index contributed by atoms with van der Waals surface area (Å²) < 4.78 is 16.9. The minimum absolute atomic E-state index is 0.231. The lowest BCUT2D eigenvalue weighted by molar-refractivity contribution is 0.0992. The van der Waals surface area contributed by atoms with E-state index in [2.05, 4.69) is 15.5 Å². The molecule has 9 heteroatoms. The topological polar surface area (TPSA) is 113 Å². The smallest absolute Gasteiger partial charge is 0.265 e. The van der Waals surface area contributed by atoms with E-state index < -0.39 is 11.7 Å². The first kappa shape index (κ1) is 28.0. The van der Waals surface area contributed by atoms with Crippen LogP contribution in [-0.2, 0) is 0 Å². The van der Waals surface area contributed by atoms with Crippen molar-refractivity contribution in [3.05, 3.63) is 114 Å². The lowest BCUT2D eigenvalue weighted by Crippen LogP contribution is -2.35. The Morgan fingerprint density at radius 3 is 2.21 bits per heavy atom. The van der Waals surface area contributed by atoms with Crippen molar-refractivity contribution in [2.45, 2.75) is 25.9 Å². The predicted octanol–water partition coefficient (Wildman–Crippen LogP) is 6.13. The highest BCUT2D eigenvalue weighted by atomic mass is 19.1. The number of aryl methyl sites for hydroxylation is 1. The van der Waals surface area contributed by atoms with Crippen LogP contribution in [-0.4, -0.2) is 40.7 Å². The van der Waals surface area contributed by atoms with Crippen LogP contribution in [0, 0.1) is 12.7 Å². The number of nitrogens with zero attached hydrogens (tertiary/aromatic N) is 2. The number of piperidine rings is 1. The Morgan fingerprint density at radius 2 is 1.53 bits per heavy atom. The lowest BCUT2D eigenvalue weighted by atomic mass is 10.1. The first-order valence-electron chi connectivity index (χ1n) is 14.2. The summed E-state index contributed by atoms with van der Waals surface area (Å²) in [6, 6.07) is 26.6. The molecule has 43 heavy (non-hydrogen) atoms. The number of carbonyl (C=O) groups is 2. The summed E-state index contributed by atoms with van der Waals surface area (Å²) >= 11 is 0. The van der Waals surface area contributed by atoms with Crippen LogP contribution in [0.3, 0.4) is 0 Å². The summed E-state index contributed by atoms with van der Waals surface area (Å²) in [7, 11) is 0. The van der Waals surface area contributed by atoms with E-state index in [4.69, 9.17) is 5.73 Å². The molecule has 218 valence electrons. The number of nitrogens with one attached hydrogen (secondary N) is 2. The third kappa shape index (κ3) is 5.93. The molecule has 0 radical (unpaired) electrons. The number of hydrogen-bond acceptors (Lipinski definition) is 5. The van der Waals surface area contributed by atoms with Crippen LogP contribution in [0.15, 0.2) is 91.0 Å². The fourth-order valence-corrected chi connectivity index (χ4v) is 5.48. The van der Waals surface area contributed by atoms with Crippen molar-refractivity contribution in [2.24, 2.45) is 5.73 Å². The number of halogens is 1. The van der Waals surface area contributed by atoms with E-state index in [1.807, 2.05) is 37.3 Å². The second-order valence-electron chi connectivity index (χ2n) is 10.9. The number of carbonyl (C=O) groups excluding carboxylic acids is 2. The number of benzene rings is 4. The standard InChI is InChI=1S/C34H32FN5O3/c1-21-2-13-31-23(18-21)19-32(33(36)42)40(31)27-11-12-30(29(35)20-27)37-24-5-7-25(8-6-24)38-34(43)22-3-9-26(10-4-22)39-16-14-28(41)15-17-39/h2-13,18-20,28,37,41H,14-17H2,1H3,(H2,36,42)(H,38,43). The maximum absolute atomic E-state index is 15.3. The van der Waals surface area contributed by atoms with Gasteiger partial charge in [-0.25, -0.2) is 4.39 Å². The molecule has 5 N–H and O–H groups in total. The Bertz CT molecular complexity index is 1810. The van der Waals surface area contributed by atoms with Gasteiger partial charge in [0.25, 0.3) is 11.8 Å². The predicted molar refractivity (Wildman–Crippen MR) is 168 cm³/mol. The van der Waals surface area contributed by atoms with Crippen molar-refractivity contribution in [1.82, 2.24) is 4.57 Å². The van der Waals surface area contributed by atoms with Crippen LogP contribution < -0.4 is 21.3 Å². The Morgan fingerprint density at radius 1 is 0.860 bits per heavy atom. The van der Waals surface area contributed by atoms with Gasteiger partial charge in [0.15, 0.2) is 0 Å². The quantitative estimate of drug-likeness (QED) is 0.186. The van der Waals surface area contributed by atoms with E-state index >= 15 is 4.39 Å². The van der Waals surface area contributed by atoms with Gasteiger partial charge in [-0.1, -0.05) is 11.6 Å². The Kier molecular flexibility index (Phi) is 7.56. The molecule has 4 aromatic carbocycles. The molecule has 1 aliphatic rings. The maximum Gasteiger partial charge on any atom is 0.265 e. The number of rotatable bonds is 7. The number of fused-ring (bicyclic) bond motifs is 1. The number of aromatic nitrogens is 1. The van der Waals surface area contributed by atoms with E-state index in [-0.39, 0.29) is 23.4 Å². The second kappa shape index (κ2) is 11.6. The first-order valence-corrected chi connectivity index (χ1v) is 14.2. The van der Waals surface area contributed by atoms with Gasteiger partial charge in [-0.3, -0.25) is 9.59 Å². The van der Waals surface area contributed by atoms with E-state index in [0.717, 1.165) is 48.1 Å². The van der Waals surface area contributed by atoms with Gasteiger partial charge in [-0.05, 0) is 98.6 Å². The molecule has 0 atom stereocenters. The van der Waals surface area contributed by atoms with Crippen LogP contribution in [0.2, 0.25) is 0 Å². The monoisotopic (exact) mass is 577 g/mol. The molecule has 1 fully saturated rings. The molecule has 8 nitrogen and oxygen atoms in total. The van der Waals surface area contributed by atoms with Crippen molar-refractivity contribution in [3.8, 4) is 5.69 Å². The van der Waals surface area contributed by atoms with Crippen LogP contribution in [0.5, 0.6) is 0 Å². The summed E-state index contributed by atoms with van der Waals surface area (Å²) in [6.07, 6.45) is 1.25. The Hall–Kier alpha value is -5.15. The molecule has 1 saturated heterocycles. The number of aliphatic hydroxyl groups excluding tert-OH is 1. The minimum Gasteiger partial charge on any atom is -0.393 e. The van der Waals surface area contributed by atoms with Gasteiger partial charge >= 0.3 is 0 Å². The number of aliphatic hydroxyl groups is 1. The van der Waals surface area contributed by atoms with Gasteiger partial charge in [0.05, 0.1) is 17.3 Å². The third-order valence-corrected chi connectivity index (χ3v) is 7.80. The first-order chi connectivity index (χ1) is 20.7. The number of anilines is 4. The largest absolute Gasteiger partial charge is 0.393 e. The molecule has 6 rings (SSSR count). The third-order valence-electron chi connectivity index (χ3n) is 7.80. The van der Waals surface area contributed by atoms with Gasteiger partial charge in [0.2, 0.25) is 0 Å². The van der Waals surface area contributed by atoms with E-state index in [1.54, 1.807) is 59.2 Å². The number of amides is 2. The fraction of sp³-hybridized carbons (Fsp3) is 0.176. The van der Waals surface area contributed by atoms with E-state index in [9.17, 15) is 14.7 Å². The Labute approximate surface area is 248 Å². The summed E-state index contributed by atoms with van der Waals surface area (Å²) in [5.74, 6) is -1.32. The molecular weight excluding hydrogens is 545 g/mol. The lowest BCUT2D eigenvalue weighted by Gasteiger charge is -2.31. The Balaban J connectivity index is 1.12. The van der Waals surface area contributed by atoms with Crippen molar-refractivity contribution in [1.29, 1.82) is 0 Å². The van der Waals surface area contributed by atoms with Crippen LogP contribution in [0.25, 0.3) is 16.6 Å². The van der Waals surface area contributed by atoms with Gasteiger partial charge in [0, 0.05) is 52.9 Å². The molecule has 0 unspecified atom stereocenters. The van der Waals surface area contributed by atoms with Gasteiger partial charge in [-0.2, -0.15) is 0 Å². The molecule has 0 saturated carbocycles. The average molecular weight is 578 g/mol. The molecule has 2 amide bonds. The zero-order valence-corrected chi connectivity index (χ0v) is 23.7. The normalized spacial score (nSPS) is 13.7. The molecule has 5 aromatic rings. The minimum atomic E-state index is -0.598. The summed E-state index contributed by atoms with van der Waals surface area (Å²) in [5.41, 5.74) is 11.3. The van der Waals surface area contributed by atoms with E-state index in [1.165, 1.54) is 6.07 Å². The van der Waals surface area contributed by atoms with Crippen LogP contribution in [0.1, 0.15) is 39.3 Å². The SMILES string of the molecule is Cc1ccc2c(c1)cc(C(N)=O)n2-c1ccc(Nc2ccc(NC(=O)c3ccc(N4CCC(O)CC4)cc3)cc2)c(F)c1. The molecule has 1 aromatic heterocycles. The highest BCUT2D eigenvalue weighted by molar-refractivity contribution is 6.04. The highest BCUT2D eigenvalue weighted by Crippen LogP contribution is 2.29. The second-order valence-corrected chi connectivity index (χ2v) is 10.9. The van der Waals surface area contributed by atoms with Crippen LogP contribution >= 0.6 is 0 Å². The van der Waals surface area contributed by atoms with Crippen LogP contribution in [0.4, 0.5) is 27.1 Å². The highest BCUT2D eigenvalue weighted by Gasteiger charge is 2.18. The van der Waals surface area contributed by atoms with Crippen molar-refractivity contribution < 1.29 is 19.1 Å². The van der Waals surface area contributed by atoms with Crippen molar-refractivity contribution >= 4 is 45.5 Å². The number of primary amides is 1. The summed E-state index contributed by atoms with van der Waals surface area (Å²) in [6.45, 7) is 3.55. The molecule has 0 aliphatic carbocycles. The van der Waals surface area contributed by atoms with Gasteiger partial charge in [0.1, 0.15) is 11.5 Å². The molecule has 0 bridgehead atoms.